The summed E-state index contributed by atoms with van der Waals surface area (Å²) in [6.07, 6.45) is 0.00726. The first kappa shape index (κ1) is 16.4. The fourth-order valence-corrected chi connectivity index (χ4v) is 2.96. The van der Waals surface area contributed by atoms with Gasteiger partial charge in [0.15, 0.2) is 0 Å². The molecule has 24 heavy (non-hydrogen) atoms. The minimum Gasteiger partial charge on any atom is -0.497 e. The number of nitro benzene ring substituents is 1. The van der Waals surface area contributed by atoms with Crippen molar-refractivity contribution in [2.45, 2.75) is 31.2 Å². The number of rotatable bonds is 4. The number of nitro groups is 1. The number of non-ortho nitro benzene ring substituents is 1. The van der Waals surface area contributed by atoms with Crippen molar-refractivity contribution in [3.63, 3.8) is 0 Å². The predicted molar refractivity (Wildman–Crippen MR) is 87.9 cm³/mol. The van der Waals surface area contributed by atoms with Gasteiger partial charge >= 0.3 is 0 Å². The molecular formula is C18H19NO5. The normalized spacial score (nSPS) is 23.7. The standard InChI is InChI=1S/C18H19NO5/c1-23-16-8-4-13(5-9-16)18-11-15(20)10-17(24-18)12-2-6-14(7-3-12)19(21)22/h2-9,15,17-18,20H,10-11H2,1H3/t15-,17-,18+/m1/s1. The lowest BCUT2D eigenvalue weighted by molar-refractivity contribution is -0.384. The van der Waals surface area contributed by atoms with Gasteiger partial charge in [0.05, 0.1) is 30.3 Å². The Labute approximate surface area is 139 Å². The predicted octanol–water partition coefficient (Wildman–Crippen LogP) is 3.56. The van der Waals surface area contributed by atoms with Crippen molar-refractivity contribution in [2.24, 2.45) is 0 Å². The number of ether oxygens (including phenoxy) is 2. The molecule has 2 aromatic carbocycles. The summed E-state index contributed by atoms with van der Waals surface area (Å²) in [4.78, 5) is 10.3. The smallest absolute Gasteiger partial charge is 0.269 e. The van der Waals surface area contributed by atoms with Crippen molar-refractivity contribution < 1.29 is 19.5 Å². The zero-order chi connectivity index (χ0) is 17.1. The molecule has 0 radical (unpaired) electrons. The van der Waals surface area contributed by atoms with E-state index in [0.717, 1.165) is 16.9 Å². The third-order valence-electron chi connectivity index (χ3n) is 4.26. The monoisotopic (exact) mass is 329 g/mol. The molecule has 0 aliphatic carbocycles. The molecule has 1 fully saturated rings. The summed E-state index contributed by atoms with van der Waals surface area (Å²) in [5.41, 5.74) is 1.85. The average molecular weight is 329 g/mol. The molecule has 1 heterocycles. The molecule has 3 atom stereocenters. The van der Waals surface area contributed by atoms with Crippen LogP contribution in [0.2, 0.25) is 0 Å². The molecule has 1 aliphatic rings. The van der Waals surface area contributed by atoms with Crippen molar-refractivity contribution in [1.82, 2.24) is 0 Å². The fraction of sp³-hybridized carbons (Fsp3) is 0.333. The molecule has 2 aromatic rings. The van der Waals surface area contributed by atoms with E-state index in [-0.39, 0.29) is 17.9 Å². The highest BCUT2D eigenvalue weighted by atomic mass is 16.6. The second-order valence-electron chi connectivity index (χ2n) is 5.86. The van der Waals surface area contributed by atoms with Crippen LogP contribution in [0.5, 0.6) is 5.75 Å². The molecule has 0 aromatic heterocycles. The molecule has 0 saturated carbocycles. The minimum absolute atomic E-state index is 0.0433. The number of hydrogen-bond acceptors (Lipinski definition) is 5. The van der Waals surface area contributed by atoms with Gasteiger partial charge in [0.25, 0.3) is 5.69 Å². The summed E-state index contributed by atoms with van der Waals surface area (Å²) >= 11 is 0. The molecule has 3 rings (SSSR count). The molecular weight excluding hydrogens is 310 g/mol. The first-order valence-electron chi connectivity index (χ1n) is 7.78. The first-order valence-corrected chi connectivity index (χ1v) is 7.78. The van der Waals surface area contributed by atoms with E-state index in [2.05, 4.69) is 0 Å². The maximum absolute atomic E-state index is 10.8. The van der Waals surface area contributed by atoms with Crippen LogP contribution in [0.25, 0.3) is 0 Å². The third kappa shape index (κ3) is 3.55. The van der Waals surface area contributed by atoms with E-state index in [0.29, 0.717) is 12.8 Å². The Morgan fingerprint density at radius 1 is 1.04 bits per heavy atom. The van der Waals surface area contributed by atoms with Gasteiger partial charge in [-0.15, -0.1) is 0 Å². The molecule has 0 bridgehead atoms. The lowest BCUT2D eigenvalue weighted by Gasteiger charge is -2.33. The zero-order valence-corrected chi connectivity index (χ0v) is 13.3. The molecule has 6 nitrogen and oxygen atoms in total. The number of benzene rings is 2. The van der Waals surface area contributed by atoms with Crippen LogP contribution in [-0.2, 0) is 4.74 Å². The Morgan fingerprint density at radius 3 is 2.00 bits per heavy atom. The third-order valence-corrected chi connectivity index (χ3v) is 4.26. The highest BCUT2D eigenvalue weighted by Crippen LogP contribution is 2.39. The van der Waals surface area contributed by atoms with E-state index in [4.69, 9.17) is 9.47 Å². The molecule has 6 heteroatoms. The lowest BCUT2D eigenvalue weighted by Crippen LogP contribution is -2.26. The summed E-state index contributed by atoms with van der Waals surface area (Å²) < 4.78 is 11.3. The van der Waals surface area contributed by atoms with E-state index in [1.165, 1.54) is 12.1 Å². The van der Waals surface area contributed by atoms with Crippen molar-refractivity contribution in [1.29, 1.82) is 0 Å². The van der Waals surface area contributed by atoms with Gasteiger partial charge < -0.3 is 14.6 Å². The van der Waals surface area contributed by atoms with Gasteiger partial charge in [-0.1, -0.05) is 12.1 Å². The van der Waals surface area contributed by atoms with E-state index in [1.807, 2.05) is 24.3 Å². The van der Waals surface area contributed by atoms with Gasteiger partial charge in [-0.3, -0.25) is 10.1 Å². The second-order valence-corrected chi connectivity index (χ2v) is 5.86. The van der Waals surface area contributed by atoms with Crippen LogP contribution in [0, 0.1) is 10.1 Å². The molecule has 0 amide bonds. The molecule has 0 unspecified atom stereocenters. The summed E-state index contributed by atoms with van der Waals surface area (Å²) in [5.74, 6) is 0.766. The Balaban J connectivity index is 1.78. The Morgan fingerprint density at radius 2 is 1.54 bits per heavy atom. The number of aliphatic hydroxyl groups is 1. The fourth-order valence-electron chi connectivity index (χ4n) is 2.96. The number of nitrogens with zero attached hydrogens (tertiary/aromatic N) is 1. The van der Waals surface area contributed by atoms with E-state index < -0.39 is 11.0 Å². The van der Waals surface area contributed by atoms with Gasteiger partial charge in [0, 0.05) is 25.0 Å². The Bertz CT molecular complexity index is 698. The Kier molecular flexibility index (Phi) is 4.78. The quantitative estimate of drug-likeness (QED) is 0.685. The largest absolute Gasteiger partial charge is 0.497 e. The van der Waals surface area contributed by atoms with Crippen LogP contribution >= 0.6 is 0 Å². The number of hydrogen-bond donors (Lipinski definition) is 1. The molecule has 1 N–H and O–H groups in total. The highest BCUT2D eigenvalue weighted by Gasteiger charge is 2.30. The molecule has 1 saturated heterocycles. The summed E-state index contributed by atoms with van der Waals surface area (Å²) in [5, 5.41) is 21.0. The van der Waals surface area contributed by atoms with Crippen LogP contribution in [0.1, 0.15) is 36.2 Å². The summed E-state index contributed by atoms with van der Waals surface area (Å²) in [6, 6.07) is 13.9. The SMILES string of the molecule is COc1ccc([C@@H]2C[C@H](O)C[C@H](c3ccc([N+](=O)[O-])cc3)O2)cc1. The summed E-state index contributed by atoms with van der Waals surface area (Å²) in [7, 11) is 1.61. The van der Waals surface area contributed by atoms with Gasteiger partial charge in [0.2, 0.25) is 0 Å². The highest BCUT2D eigenvalue weighted by molar-refractivity contribution is 5.34. The topological polar surface area (TPSA) is 81.8 Å². The summed E-state index contributed by atoms with van der Waals surface area (Å²) in [6.45, 7) is 0. The van der Waals surface area contributed by atoms with Crippen LogP contribution in [-0.4, -0.2) is 23.2 Å². The van der Waals surface area contributed by atoms with Crippen LogP contribution in [0.3, 0.4) is 0 Å². The second kappa shape index (κ2) is 6.98. The van der Waals surface area contributed by atoms with Crippen molar-refractivity contribution >= 4 is 5.69 Å². The number of methoxy groups -OCH3 is 1. The molecule has 1 aliphatic heterocycles. The van der Waals surface area contributed by atoms with Crippen molar-refractivity contribution in [2.75, 3.05) is 7.11 Å². The van der Waals surface area contributed by atoms with Crippen molar-refractivity contribution in [3.05, 3.63) is 69.8 Å². The average Bonchev–Trinajstić information content (AvgIpc) is 2.61. The zero-order valence-electron chi connectivity index (χ0n) is 13.3. The minimum atomic E-state index is -0.481. The maximum Gasteiger partial charge on any atom is 0.269 e. The maximum atomic E-state index is 10.8. The lowest BCUT2D eigenvalue weighted by atomic mass is 9.93. The van der Waals surface area contributed by atoms with Crippen LogP contribution in [0.15, 0.2) is 48.5 Å². The molecule has 0 spiro atoms. The Hall–Kier alpha value is -2.44. The van der Waals surface area contributed by atoms with Crippen LogP contribution in [0.4, 0.5) is 5.69 Å². The van der Waals surface area contributed by atoms with E-state index in [9.17, 15) is 15.2 Å². The van der Waals surface area contributed by atoms with E-state index >= 15 is 0 Å². The van der Waals surface area contributed by atoms with Crippen molar-refractivity contribution in [3.8, 4) is 5.75 Å². The van der Waals surface area contributed by atoms with Crippen LogP contribution < -0.4 is 4.74 Å². The number of aliphatic hydroxyl groups excluding tert-OH is 1. The molecule has 126 valence electrons. The van der Waals surface area contributed by atoms with E-state index in [1.54, 1.807) is 19.2 Å². The van der Waals surface area contributed by atoms with Gasteiger partial charge in [-0.2, -0.15) is 0 Å². The van der Waals surface area contributed by atoms with Gasteiger partial charge in [0.1, 0.15) is 5.75 Å². The van der Waals surface area contributed by atoms with Gasteiger partial charge in [-0.25, -0.2) is 0 Å². The first-order chi connectivity index (χ1) is 11.6. The van der Waals surface area contributed by atoms with Gasteiger partial charge in [-0.05, 0) is 35.4 Å².